The van der Waals surface area contributed by atoms with Crippen LogP contribution in [-0.4, -0.2) is 25.2 Å². The molecule has 0 aliphatic carbocycles. The van der Waals surface area contributed by atoms with Crippen LogP contribution in [0.5, 0.6) is 11.5 Å². The molecule has 1 atom stereocenters. The molecular formula is C19H23NO3. The largest absolute Gasteiger partial charge is 0.492 e. The zero-order valence-corrected chi connectivity index (χ0v) is 13.6. The van der Waals surface area contributed by atoms with Crippen molar-refractivity contribution in [2.45, 2.75) is 26.4 Å². The maximum atomic E-state index is 12.1. The topological polar surface area (TPSA) is 47.6 Å². The molecule has 122 valence electrons. The van der Waals surface area contributed by atoms with Crippen molar-refractivity contribution >= 4 is 5.91 Å². The van der Waals surface area contributed by atoms with Crippen LogP contribution in [0.1, 0.15) is 18.9 Å². The highest BCUT2D eigenvalue weighted by Crippen LogP contribution is 2.13. The van der Waals surface area contributed by atoms with Gasteiger partial charge < -0.3 is 14.8 Å². The molecule has 0 fully saturated rings. The zero-order valence-electron chi connectivity index (χ0n) is 13.6. The van der Waals surface area contributed by atoms with Crippen LogP contribution in [0.25, 0.3) is 0 Å². The summed E-state index contributed by atoms with van der Waals surface area (Å²) in [6.07, 6.45) is 0.122. The summed E-state index contributed by atoms with van der Waals surface area (Å²) in [7, 11) is 0. The van der Waals surface area contributed by atoms with Gasteiger partial charge in [0.2, 0.25) is 0 Å². The summed E-state index contributed by atoms with van der Waals surface area (Å²) in [5.41, 5.74) is 1.19. The van der Waals surface area contributed by atoms with Crippen molar-refractivity contribution in [3.8, 4) is 11.5 Å². The molecule has 0 bridgehead atoms. The number of carbonyl (C=O) groups is 1. The predicted molar refractivity (Wildman–Crippen MR) is 90.8 cm³/mol. The maximum absolute atomic E-state index is 12.1. The predicted octanol–water partition coefficient (Wildman–Crippen LogP) is 3.35. The molecule has 0 saturated heterocycles. The number of amides is 1. The summed E-state index contributed by atoms with van der Waals surface area (Å²) < 4.78 is 11.3. The minimum Gasteiger partial charge on any atom is -0.492 e. The van der Waals surface area contributed by atoms with Crippen molar-refractivity contribution in [1.29, 1.82) is 0 Å². The second-order valence-corrected chi connectivity index (χ2v) is 5.28. The lowest BCUT2D eigenvalue weighted by atomic mass is 10.2. The van der Waals surface area contributed by atoms with Crippen molar-refractivity contribution in [2.24, 2.45) is 0 Å². The summed E-state index contributed by atoms with van der Waals surface area (Å²) in [5.74, 6) is 1.38. The lowest BCUT2D eigenvalue weighted by Gasteiger charge is -2.17. The third-order valence-electron chi connectivity index (χ3n) is 3.38. The second kappa shape index (κ2) is 8.83. The number of hydrogen-bond acceptors (Lipinski definition) is 3. The molecule has 0 aliphatic heterocycles. The minimum atomic E-state index is -0.489. The van der Waals surface area contributed by atoms with Crippen LogP contribution in [0.3, 0.4) is 0 Å². The van der Waals surface area contributed by atoms with Gasteiger partial charge >= 0.3 is 0 Å². The molecule has 0 heterocycles. The monoisotopic (exact) mass is 313 g/mol. The minimum absolute atomic E-state index is 0.121. The van der Waals surface area contributed by atoms with Crippen molar-refractivity contribution in [1.82, 2.24) is 5.32 Å². The van der Waals surface area contributed by atoms with E-state index in [9.17, 15) is 4.79 Å². The van der Waals surface area contributed by atoms with Gasteiger partial charge in [0.05, 0.1) is 6.54 Å². The van der Waals surface area contributed by atoms with E-state index in [4.69, 9.17) is 9.47 Å². The van der Waals surface area contributed by atoms with Gasteiger partial charge in [0.25, 0.3) is 5.91 Å². The number of para-hydroxylation sites is 1. The van der Waals surface area contributed by atoms with Crippen LogP contribution >= 0.6 is 0 Å². The van der Waals surface area contributed by atoms with E-state index in [2.05, 4.69) is 5.32 Å². The molecular weight excluding hydrogens is 290 g/mol. The molecule has 1 amide bonds. The molecule has 0 aromatic heterocycles. The number of aryl methyl sites for hydroxylation is 1. The molecule has 2 aromatic rings. The van der Waals surface area contributed by atoms with Gasteiger partial charge in [0, 0.05) is 0 Å². The van der Waals surface area contributed by atoms with Crippen molar-refractivity contribution in [3.05, 3.63) is 60.2 Å². The lowest BCUT2D eigenvalue weighted by molar-refractivity contribution is -0.128. The Morgan fingerprint density at radius 3 is 2.39 bits per heavy atom. The third-order valence-corrected chi connectivity index (χ3v) is 3.38. The zero-order chi connectivity index (χ0) is 16.5. The molecule has 23 heavy (non-hydrogen) atoms. The van der Waals surface area contributed by atoms with Gasteiger partial charge in [0.15, 0.2) is 6.10 Å². The van der Waals surface area contributed by atoms with E-state index >= 15 is 0 Å². The average molecular weight is 313 g/mol. The Kier molecular flexibility index (Phi) is 6.48. The molecule has 2 aromatic carbocycles. The summed E-state index contributed by atoms with van der Waals surface area (Å²) in [5, 5.41) is 2.85. The highest BCUT2D eigenvalue weighted by atomic mass is 16.5. The highest BCUT2D eigenvalue weighted by molar-refractivity contribution is 5.81. The van der Waals surface area contributed by atoms with Gasteiger partial charge in [-0.25, -0.2) is 0 Å². The Hall–Kier alpha value is -2.49. The Balaban J connectivity index is 1.73. The van der Waals surface area contributed by atoms with Gasteiger partial charge in [-0.05, 0) is 37.6 Å². The molecule has 1 N–H and O–H groups in total. The first-order chi connectivity index (χ1) is 11.2. The van der Waals surface area contributed by atoms with Crippen LogP contribution in [0.15, 0.2) is 54.6 Å². The van der Waals surface area contributed by atoms with E-state index in [0.717, 1.165) is 5.75 Å². The van der Waals surface area contributed by atoms with Gasteiger partial charge in [-0.3, -0.25) is 4.79 Å². The number of carbonyl (C=O) groups excluding carboxylic acids is 1. The van der Waals surface area contributed by atoms with Crippen LogP contribution in [0.2, 0.25) is 0 Å². The number of nitrogens with one attached hydrogen (secondary N) is 1. The molecule has 0 saturated carbocycles. The lowest BCUT2D eigenvalue weighted by Crippen LogP contribution is -2.39. The Morgan fingerprint density at radius 1 is 1.04 bits per heavy atom. The summed E-state index contributed by atoms with van der Waals surface area (Å²) in [4.78, 5) is 12.1. The molecule has 0 radical (unpaired) electrons. The first-order valence-corrected chi connectivity index (χ1v) is 7.88. The summed E-state index contributed by atoms with van der Waals surface area (Å²) in [6.45, 7) is 4.83. The fourth-order valence-electron chi connectivity index (χ4n) is 2.08. The van der Waals surface area contributed by atoms with Crippen molar-refractivity contribution in [2.75, 3.05) is 13.2 Å². The van der Waals surface area contributed by atoms with E-state index in [1.807, 2.05) is 68.4 Å². The van der Waals surface area contributed by atoms with E-state index in [1.165, 1.54) is 5.56 Å². The van der Waals surface area contributed by atoms with Gasteiger partial charge in [-0.1, -0.05) is 42.8 Å². The van der Waals surface area contributed by atoms with E-state index in [1.54, 1.807) is 0 Å². The van der Waals surface area contributed by atoms with Gasteiger partial charge in [0.1, 0.15) is 18.1 Å². The van der Waals surface area contributed by atoms with Crippen molar-refractivity contribution in [3.63, 3.8) is 0 Å². The second-order valence-electron chi connectivity index (χ2n) is 5.28. The average Bonchev–Trinajstić information content (AvgIpc) is 2.59. The Bertz CT molecular complexity index is 596. The normalized spacial score (nSPS) is 11.6. The first kappa shape index (κ1) is 16.9. The molecule has 0 spiro atoms. The number of ether oxygens (including phenoxy) is 2. The summed E-state index contributed by atoms with van der Waals surface area (Å²) in [6, 6.07) is 17.2. The van der Waals surface area contributed by atoms with Crippen molar-refractivity contribution < 1.29 is 14.3 Å². The highest BCUT2D eigenvalue weighted by Gasteiger charge is 2.17. The van der Waals surface area contributed by atoms with E-state index < -0.39 is 6.10 Å². The van der Waals surface area contributed by atoms with E-state index in [0.29, 0.717) is 25.3 Å². The fourth-order valence-corrected chi connectivity index (χ4v) is 2.08. The van der Waals surface area contributed by atoms with Gasteiger partial charge in [-0.2, -0.15) is 0 Å². The van der Waals surface area contributed by atoms with Crippen LogP contribution in [0.4, 0.5) is 0 Å². The number of hydrogen-bond donors (Lipinski definition) is 1. The number of rotatable bonds is 8. The third kappa shape index (κ3) is 5.66. The van der Waals surface area contributed by atoms with Crippen LogP contribution < -0.4 is 14.8 Å². The van der Waals surface area contributed by atoms with Crippen LogP contribution in [-0.2, 0) is 4.79 Å². The molecule has 0 aliphatic rings. The summed E-state index contributed by atoms with van der Waals surface area (Å²) >= 11 is 0. The molecule has 4 heteroatoms. The Morgan fingerprint density at radius 2 is 1.74 bits per heavy atom. The SMILES string of the molecule is CCC(Oc1ccccc1)C(=O)NCCOc1ccc(C)cc1. The number of benzene rings is 2. The fraction of sp³-hybridized carbons (Fsp3) is 0.316. The molecule has 4 nitrogen and oxygen atoms in total. The van der Waals surface area contributed by atoms with Gasteiger partial charge in [-0.15, -0.1) is 0 Å². The van der Waals surface area contributed by atoms with Crippen LogP contribution in [0, 0.1) is 6.92 Å². The maximum Gasteiger partial charge on any atom is 0.261 e. The van der Waals surface area contributed by atoms with E-state index in [-0.39, 0.29) is 5.91 Å². The quantitative estimate of drug-likeness (QED) is 0.760. The molecule has 1 unspecified atom stereocenters. The molecule has 2 rings (SSSR count). The first-order valence-electron chi connectivity index (χ1n) is 7.88. The smallest absolute Gasteiger partial charge is 0.261 e. The standard InChI is InChI=1S/C19H23NO3/c1-3-18(23-17-7-5-4-6-8-17)19(21)20-13-14-22-16-11-9-15(2)10-12-16/h4-12,18H,3,13-14H2,1-2H3,(H,20,21). The Labute approximate surface area is 137 Å².